The molecule has 1 aliphatic heterocycles. The molecule has 230 valence electrons. The molecule has 12 heteroatoms. The molecule has 0 bridgehead atoms. The fourth-order valence-corrected chi connectivity index (χ4v) is 5.82. The molecule has 0 saturated carbocycles. The number of unbranched alkanes of at least 4 members (excludes halogenated alkanes) is 2. The molecule has 3 atom stereocenters. The summed E-state index contributed by atoms with van der Waals surface area (Å²) in [6.45, 7) is -0.0339. The van der Waals surface area contributed by atoms with Crippen molar-refractivity contribution in [3.8, 4) is 5.69 Å². The van der Waals surface area contributed by atoms with Crippen molar-refractivity contribution in [2.75, 3.05) is 11.1 Å². The van der Waals surface area contributed by atoms with Crippen LogP contribution in [0.25, 0.3) is 5.69 Å². The quantitative estimate of drug-likeness (QED) is 0.123. The van der Waals surface area contributed by atoms with Gasteiger partial charge in [0.15, 0.2) is 6.29 Å². The van der Waals surface area contributed by atoms with Gasteiger partial charge in [-0.1, -0.05) is 72.8 Å². The minimum Gasteiger partial charge on any atom is -0.481 e. The summed E-state index contributed by atoms with van der Waals surface area (Å²) >= 11 is 1.50. The number of aromatic nitrogens is 4. The van der Waals surface area contributed by atoms with E-state index in [-0.39, 0.29) is 31.1 Å². The predicted molar refractivity (Wildman–Crippen MR) is 164 cm³/mol. The number of amides is 1. The van der Waals surface area contributed by atoms with Crippen LogP contribution in [0.15, 0.2) is 84.0 Å². The summed E-state index contributed by atoms with van der Waals surface area (Å²) in [4.78, 5) is 23.2. The van der Waals surface area contributed by atoms with Crippen LogP contribution in [0.3, 0.4) is 0 Å². The number of thioether (sulfide) groups is 1. The van der Waals surface area contributed by atoms with E-state index in [0.29, 0.717) is 48.7 Å². The molecule has 0 spiro atoms. The van der Waals surface area contributed by atoms with Gasteiger partial charge in [0.2, 0.25) is 11.1 Å². The van der Waals surface area contributed by atoms with Crippen LogP contribution in [-0.4, -0.2) is 54.2 Å². The molecular formula is C32H35N5O6S. The molecule has 3 aromatic carbocycles. The summed E-state index contributed by atoms with van der Waals surface area (Å²) in [6.07, 6.45) is 1.74. The maximum Gasteiger partial charge on any atom is 0.303 e. The van der Waals surface area contributed by atoms with Crippen LogP contribution in [0, 0.1) is 0 Å². The Kier molecular flexibility index (Phi) is 11.1. The number of nitrogens with zero attached hydrogens (tertiary/aromatic N) is 4. The number of carboxylic acid groups (broad SMARTS) is 1. The Hall–Kier alpha value is -4.10. The van der Waals surface area contributed by atoms with E-state index in [4.69, 9.17) is 14.6 Å². The molecule has 2 heterocycles. The largest absolute Gasteiger partial charge is 0.481 e. The van der Waals surface area contributed by atoms with E-state index in [1.165, 1.54) is 11.8 Å². The van der Waals surface area contributed by atoms with Gasteiger partial charge in [-0.15, -0.1) is 5.10 Å². The third-order valence-corrected chi connectivity index (χ3v) is 8.24. The summed E-state index contributed by atoms with van der Waals surface area (Å²) in [5.74, 6) is -0.372. The molecule has 1 fully saturated rings. The van der Waals surface area contributed by atoms with Crippen molar-refractivity contribution in [3.05, 3.63) is 95.6 Å². The molecule has 5 rings (SSSR count). The van der Waals surface area contributed by atoms with Crippen LogP contribution in [0.4, 0.5) is 5.69 Å². The summed E-state index contributed by atoms with van der Waals surface area (Å²) < 4.78 is 14.6. The minimum absolute atomic E-state index is 0.0339. The molecule has 44 heavy (non-hydrogen) atoms. The molecule has 0 aliphatic carbocycles. The lowest BCUT2D eigenvalue weighted by molar-refractivity contribution is -0.245. The summed E-state index contributed by atoms with van der Waals surface area (Å²) in [6, 6.07) is 24.8. The number of hydrogen-bond donors (Lipinski definition) is 3. The van der Waals surface area contributed by atoms with Crippen LogP contribution in [0.1, 0.15) is 67.6 Å². The highest BCUT2D eigenvalue weighted by Crippen LogP contribution is 2.40. The number of ether oxygens (including phenoxy) is 2. The third kappa shape index (κ3) is 8.73. The molecule has 1 saturated heterocycles. The number of para-hydroxylation sites is 1. The van der Waals surface area contributed by atoms with Crippen LogP contribution in [-0.2, 0) is 25.7 Å². The Morgan fingerprint density at radius 1 is 0.932 bits per heavy atom. The van der Waals surface area contributed by atoms with E-state index < -0.39 is 12.3 Å². The third-order valence-electron chi connectivity index (χ3n) is 7.19. The predicted octanol–water partition coefficient (Wildman–Crippen LogP) is 5.47. The van der Waals surface area contributed by atoms with E-state index in [0.717, 1.165) is 22.4 Å². The first kappa shape index (κ1) is 31.3. The first-order chi connectivity index (χ1) is 21.5. The number of carbonyl (C=O) groups is 2. The van der Waals surface area contributed by atoms with Crippen LogP contribution >= 0.6 is 11.8 Å². The maximum absolute atomic E-state index is 12.5. The van der Waals surface area contributed by atoms with Gasteiger partial charge in [-0.25, -0.2) is 0 Å². The molecule has 4 aromatic rings. The van der Waals surface area contributed by atoms with Crippen LogP contribution < -0.4 is 5.32 Å². The molecule has 0 unspecified atom stereocenters. The average Bonchev–Trinajstić information content (AvgIpc) is 3.53. The Labute approximate surface area is 259 Å². The minimum atomic E-state index is -0.823. The second-order valence-corrected chi connectivity index (χ2v) is 11.5. The van der Waals surface area contributed by atoms with Crippen molar-refractivity contribution in [2.45, 2.75) is 68.8 Å². The standard InChI is InChI=1S/C32H35N5O6S/c38-20-22-14-16-23(17-15-22)28-19-27(21-44-32-34-35-36-37(32)26-10-3-1-4-11-26)42-31(43-28)24-8-7-9-25(18-24)33-29(39)12-5-2-6-13-30(40)41/h1,3-4,7-11,14-18,27-28,31,38H,2,5-6,12-13,19-21H2,(H,33,39)(H,40,41)/t27-,28+,31+/m0/s1. The number of hydrogen-bond acceptors (Lipinski definition) is 9. The maximum atomic E-state index is 12.5. The highest BCUT2D eigenvalue weighted by atomic mass is 32.2. The number of anilines is 1. The van der Waals surface area contributed by atoms with E-state index in [2.05, 4.69) is 20.8 Å². The zero-order valence-electron chi connectivity index (χ0n) is 24.1. The summed E-state index contributed by atoms with van der Waals surface area (Å²) in [5.41, 5.74) is 4.07. The van der Waals surface area contributed by atoms with E-state index in [1.807, 2.05) is 78.9 Å². The van der Waals surface area contributed by atoms with Gasteiger partial charge >= 0.3 is 5.97 Å². The lowest BCUT2D eigenvalue weighted by atomic mass is 10.0. The zero-order valence-corrected chi connectivity index (χ0v) is 24.9. The van der Waals surface area contributed by atoms with E-state index >= 15 is 0 Å². The molecular weight excluding hydrogens is 582 g/mol. The molecule has 11 nitrogen and oxygen atoms in total. The van der Waals surface area contributed by atoms with Crippen molar-refractivity contribution < 1.29 is 29.3 Å². The van der Waals surface area contributed by atoms with E-state index in [1.54, 1.807) is 4.68 Å². The summed E-state index contributed by atoms with van der Waals surface area (Å²) in [7, 11) is 0. The van der Waals surface area contributed by atoms with Gasteiger partial charge in [0.05, 0.1) is 24.5 Å². The smallest absolute Gasteiger partial charge is 0.303 e. The Balaban J connectivity index is 1.27. The number of benzene rings is 3. The number of rotatable bonds is 14. The van der Waals surface area contributed by atoms with Gasteiger partial charge < -0.3 is 25.0 Å². The number of aliphatic carboxylic acids is 1. The molecule has 0 radical (unpaired) electrons. The van der Waals surface area contributed by atoms with Gasteiger partial charge in [0.1, 0.15) is 0 Å². The van der Waals surface area contributed by atoms with Crippen molar-refractivity contribution >= 4 is 29.3 Å². The fraction of sp³-hybridized carbons (Fsp3) is 0.344. The van der Waals surface area contributed by atoms with Crippen molar-refractivity contribution in [3.63, 3.8) is 0 Å². The monoisotopic (exact) mass is 617 g/mol. The van der Waals surface area contributed by atoms with Crippen LogP contribution in [0.5, 0.6) is 0 Å². The van der Waals surface area contributed by atoms with Crippen molar-refractivity contribution in [2.24, 2.45) is 0 Å². The van der Waals surface area contributed by atoms with Gasteiger partial charge in [0.25, 0.3) is 0 Å². The number of aliphatic hydroxyl groups excluding tert-OH is 1. The Bertz CT molecular complexity index is 1520. The zero-order chi connectivity index (χ0) is 30.7. The number of aliphatic hydroxyl groups is 1. The van der Waals surface area contributed by atoms with Crippen LogP contribution in [0.2, 0.25) is 0 Å². The molecule has 1 aromatic heterocycles. The second-order valence-electron chi connectivity index (χ2n) is 10.5. The van der Waals surface area contributed by atoms with Gasteiger partial charge in [0, 0.05) is 36.3 Å². The molecule has 1 amide bonds. The van der Waals surface area contributed by atoms with Gasteiger partial charge in [-0.05, 0) is 58.7 Å². The average molecular weight is 618 g/mol. The lowest BCUT2D eigenvalue weighted by Crippen LogP contribution is -2.31. The van der Waals surface area contributed by atoms with E-state index in [9.17, 15) is 14.7 Å². The fourth-order valence-electron chi connectivity index (χ4n) is 4.92. The lowest BCUT2D eigenvalue weighted by Gasteiger charge is -2.36. The molecule has 1 aliphatic rings. The van der Waals surface area contributed by atoms with Gasteiger partial charge in [-0.2, -0.15) is 4.68 Å². The summed E-state index contributed by atoms with van der Waals surface area (Å²) in [5, 5.41) is 34.1. The number of carbonyl (C=O) groups excluding carboxylic acids is 1. The first-order valence-electron chi connectivity index (χ1n) is 14.6. The first-order valence-corrected chi connectivity index (χ1v) is 15.6. The number of tetrazole rings is 1. The molecule has 3 N–H and O–H groups in total. The van der Waals surface area contributed by atoms with Crippen molar-refractivity contribution in [1.82, 2.24) is 20.2 Å². The second kappa shape index (κ2) is 15.6. The normalized spacial score (nSPS) is 18.2. The van der Waals surface area contributed by atoms with Gasteiger partial charge in [-0.3, -0.25) is 9.59 Å². The topological polar surface area (TPSA) is 149 Å². The number of carboxylic acids is 1. The highest BCUT2D eigenvalue weighted by molar-refractivity contribution is 7.99. The highest BCUT2D eigenvalue weighted by Gasteiger charge is 2.33. The Morgan fingerprint density at radius 2 is 1.73 bits per heavy atom. The number of nitrogens with one attached hydrogen (secondary N) is 1. The van der Waals surface area contributed by atoms with Crippen molar-refractivity contribution in [1.29, 1.82) is 0 Å². The SMILES string of the molecule is O=C(O)CCCCCC(=O)Nc1cccc([C@@H]2O[C@H](CSc3nnnn3-c3ccccc3)C[C@H](c3ccc(CO)cc3)O2)c1. The Morgan fingerprint density at radius 3 is 2.50 bits per heavy atom.